The minimum atomic E-state index is -0.401. The fourth-order valence-electron chi connectivity index (χ4n) is 1.36. The zero-order chi connectivity index (χ0) is 13.7. The summed E-state index contributed by atoms with van der Waals surface area (Å²) in [5.41, 5.74) is 4.20. The number of benzene rings is 1. The van der Waals surface area contributed by atoms with E-state index in [2.05, 4.69) is 20.5 Å². The van der Waals surface area contributed by atoms with Gasteiger partial charge in [-0.05, 0) is 24.6 Å². The second kappa shape index (κ2) is 6.06. The highest BCUT2D eigenvalue weighted by Gasteiger charge is 2.05. The lowest BCUT2D eigenvalue weighted by Gasteiger charge is -2.02. The van der Waals surface area contributed by atoms with Gasteiger partial charge >= 0.3 is 0 Å². The number of carbonyl (C=O) groups is 1. The summed E-state index contributed by atoms with van der Waals surface area (Å²) in [5, 5.41) is 4.66. The molecule has 19 heavy (non-hydrogen) atoms. The summed E-state index contributed by atoms with van der Waals surface area (Å²) in [7, 11) is 0. The molecule has 0 unspecified atom stereocenters. The Morgan fingerprint density at radius 2 is 2.00 bits per heavy atom. The molecule has 0 saturated carbocycles. The number of nitrogens with zero attached hydrogens (tertiary/aromatic N) is 3. The van der Waals surface area contributed by atoms with Gasteiger partial charge in [-0.2, -0.15) is 5.10 Å². The highest BCUT2D eigenvalue weighted by molar-refractivity contribution is 6.30. The monoisotopic (exact) mass is 274 g/mol. The van der Waals surface area contributed by atoms with E-state index >= 15 is 0 Å². The molecule has 0 bridgehead atoms. The SMILES string of the molecule is CC(=NNC(=O)c1cnccn1)c1ccc(Cl)cc1. The van der Waals surface area contributed by atoms with E-state index in [0.29, 0.717) is 10.7 Å². The first-order valence-electron chi connectivity index (χ1n) is 5.53. The van der Waals surface area contributed by atoms with Gasteiger partial charge in [-0.15, -0.1) is 0 Å². The van der Waals surface area contributed by atoms with E-state index in [4.69, 9.17) is 11.6 Å². The van der Waals surface area contributed by atoms with Gasteiger partial charge in [0.2, 0.25) is 0 Å². The fourth-order valence-corrected chi connectivity index (χ4v) is 1.49. The van der Waals surface area contributed by atoms with Gasteiger partial charge in [-0.3, -0.25) is 9.78 Å². The minimum absolute atomic E-state index is 0.218. The van der Waals surface area contributed by atoms with Crippen LogP contribution in [0.15, 0.2) is 48.0 Å². The lowest BCUT2D eigenvalue weighted by molar-refractivity contribution is 0.0949. The highest BCUT2D eigenvalue weighted by atomic mass is 35.5. The molecular weight excluding hydrogens is 264 g/mol. The van der Waals surface area contributed by atoms with Crippen LogP contribution in [0.25, 0.3) is 0 Å². The molecule has 1 aromatic carbocycles. The maximum atomic E-state index is 11.7. The zero-order valence-electron chi connectivity index (χ0n) is 10.2. The van der Waals surface area contributed by atoms with Crippen LogP contribution in [0, 0.1) is 0 Å². The van der Waals surface area contributed by atoms with Gasteiger partial charge in [-0.1, -0.05) is 23.7 Å². The van der Waals surface area contributed by atoms with Gasteiger partial charge < -0.3 is 0 Å². The number of amides is 1. The summed E-state index contributed by atoms with van der Waals surface area (Å²) >= 11 is 5.80. The second-order valence-electron chi connectivity index (χ2n) is 3.74. The molecular formula is C13H11ClN4O. The molecule has 0 radical (unpaired) electrons. The average Bonchev–Trinajstić information content (AvgIpc) is 2.46. The predicted molar refractivity (Wildman–Crippen MR) is 73.2 cm³/mol. The molecule has 0 saturated heterocycles. The van der Waals surface area contributed by atoms with E-state index in [1.165, 1.54) is 18.6 Å². The van der Waals surface area contributed by atoms with Crippen molar-refractivity contribution in [2.24, 2.45) is 5.10 Å². The maximum absolute atomic E-state index is 11.7. The van der Waals surface area contributed by atoms with Gasteiger partial charge in [0.25, 0.3) is 5.91 Å². The van der Waals surface area contributed by atoms with Crippen LogP contribution < -0.4 is 5.43 Å². The van der Waals surface area contributed by atoms with E-state index in [-0.39, 0.29) is 5.69 Å². The van der Waals surface area contributed by atoms with Crippen molar-refractivity contribution in [1.29, 1.82) is 0 Å². The minimum Gasteiger partial charge on any atom is -0.265 e. The molecule has 0 aliphatic heterocycles. The van der Waals surface area contributed by atoms with Crippen molar-refractivity contribution in [1.82, 2.24) is 15.4 Å². The Balaban J connectivity index is 2.06. The Kier molecular flexibility index (Phi) is 4.20. The lowest BCUT2D eigenvalue weighted by atomic mass is 10.1. The molecule has 0 aliphatic carbocycles. The number of hydrazone groups is 1. The van der Waals surface area contributed by atoms with Crippen molar-refractivity contribution >= 4 is 23.2 Å². The van der Waals surface area contributed by atoms with E-state index in [0.717, 1.165) is 5.56 Å². The van der Waals surface area contributed by atoms with Crippen molar-refractivity contribution < 1.29 is 4.79 Å². The Labute approximate surface area is 115 Å². The number of hydrogen-bond acceptors (Lipinski definition) is 4. The summed E-state index contributed by atoms with van der Waals surface area (Å²) in [6, 6.07) is 7.19. The molecule has 0 spiro atoms. The highest BCUT2D eigenvalue weighted by Crippen LogP contribution is 2.10. The first-order valence-corrected chi connectivity index (χ1v) is 5.91. The molecule has 1 heterocycles. The van der Waals surface area contributed by atoms with Crippen molar-refractivity contribution in [2.45, 2.75) is 6.92 Å². The number of nitrogens with one attached hydrogen (secondary N) is 1. The van der Waals surface area contributed by atoms with Crippen LogP contribution >= 0.6 is 11.6 Å². The van der Waals surface area contributed by atoms with E-state index < -0.39 is 5.91 Å². The first kappa shape index (κ1) is 13.2. The van der Waals surface area contributed by atoms with Gasteiger partial charge in [0, 0.05) is 17.4 Å². The van der Waals surface area contributed by atoms with Gasteiger partial charge in [0.05, 0.1) is 11.9 Å². The Morgan fingerprint density at radius 1 is 1.26 bits per heavy atom. The van der Waals surface area contributed by atoms with Crippen LogP contribution in [0.1, 0.15) is 23.0 Å². The third-order valence-electron chi connectivity index (χ3n) is 2.38. The third-order valence-corrected chi connectivity index (χ3v) is 2.63. The summed E-state index contributed by atoms with van der Waals surface area (Å²) in [6.45, 7) is 1.79. The quantitative estimate of drug-likeness (QED) is 0.690. The summed E-state index contributed by atoms with van der Waals surface area (Å²) in [6.07, 6.45) is 4.33. The normalized spacial score (nSPS) is 11.2. The Hall–Kier alpha value is -2.27. The second-order valence-corrected chi connectivity index (χ2v) is 4.17. The van der Waals surface area contributed by atoms with Crippen molar-refractivity contribution in [2.75, 3.05) is 0 Å². The molecule has 6 heteroatoms. The summed E-state index contributed by atoms with van der Waals surface area (Å²) in [5.74, 6) is -0.401. The maximum Gasteiger partial charge on any atom is 0.291 e. The van der Waals surface area contributed by atoms with Crippen LogP contribution in [0.2, 0.25) is 5.02 Å². The number of hydrogen-bond donors (Lipinski definition) is 1. The largest absolute Gasteiger partial charge is 0.291 e. The van der Waals surface area contributed by atoms with Crippen LogP contribution in [-0.2, 0) is 0 Å². The smallest absolute Gasteiger partial charge is 0.265 e. The number of rotatable bonds is 3. The van der Waals surface area contributed by atoms with Crippen molar-refractivity contribution in [3.05, 3.63) is 59.1 Å². The summed E-state index contributed by atoms with van der Waals surface area (Å²) < 4.78 is 0. The van der Waals surface area contributed by atoms with E-state index in [1.54, 1.807) is 19.1 Å². The van der Waals surface area contributed by atoms with E-state index in [1.807, 2.05) is 12.1 Å². The lowest BCUT2D eigenvalue weighted by Crippen LogP contribution is -2.20. The summed E-state index contributed by atoms with van der Waals surface area (Å²) in [4.78, 5) is 19.4. The fraction of sp³-hybridized carbons (Fsp3) is 0.0769. The molecule has 0 atom stereocenters. The van der Waals surface area contributed by atoms with Gasteiger partial charge in [-0.25, -0.2) is 10.4 Å². The standard InChI is InChI=1S/C13H11ClN4O/c1-9(10-2-4-11(14)5-3-10)17-18-13(19)12-8-15-6-7-16-12/h2-8H,1H3,(H,18,19). The molecule has 0 fully saturated rings. The van der Waals surface area contributed by atoms with Crippen LogP contribution in [-0.4, -0.2) is 21.6 Å². The number of aromatic nitrogens is 2. The van der Waals surface area contributed by atoms with Crippen LogP contribution in [0.3, 0.4) is 0 Å². The Bertz CT molecular complexity index is 596. The molecule has 2 rings (SSSR count). The molecule has 1 N–H and O–H groups in total. The van der Waals surface area contributed by atoms with E-state index in [9.17, 15) is 4.79 Å². The first-order chi connectivity index (χ1) is 9.16. The van der Waals surface area contributed by atoms with Crippen molar-refractivity contribution in [3.63, 3.8) is 0 Å². The molecule has 5 nitrogen and oxygen atoms in total. The molecule has 2 aromatic rings. The third kappa shape index (κ3) is 3.59. The molecule has 0 aliphatic rings. The van der Waals surface area contributed by atoms with Gasteiger partial charge in [0.15, 0.2) is 0 Å². The average molecular weight is 275 g/mol. The molecule has 96 valence electrons. The Morgan fingerprint density at radius 3 is 2.63 bits per heavy atom. The number of halogens is 1. The molecule has 1 amide bonds. The van der Waals surface area contributed by atoms with Crippen molar-refractivity contribution in [3.8, 4) is 0 Å². The number of carbonyl (C=O) groups excluding carboxylic acids is 1. The van der Waals surface area contributed by atoms with Crippen LogP contribution in [0.4, 0.5) is 0 Å². The van der Waals surface area contributed by atoms with Crippen LogP contribution in [0.5, 0.6) is 0 Å². The topological polar surface area (TPSA) is 67.2 Å². The van der Waals surface area contributed by atoms with Gasteiger partial charge in [0.1, 0.15) is 5.69 Å². The molecule has 1 aromatic heterocycles. The predicted octanol–water partition coefficient (Wildman–Crippen LogP) is 2.28. The zero-order valence-corrected chi connectivity index (χ0v) is 10.9.